The van der Waals surface area contributed by atoms with Gasteiger partial charge in [0.2, 0.25) is 0 Å². The lowest BCUT2D eigenvalue weighted by Gasteiger charge is -2.01. The van der Waals surface area contributed by atoms with Gasteiger partial charge in [0.05, 0.1) is 5.56 Å². The van der Waals surface area contributed by atoms with E-state index in [1.807, 2.05) is 20.8 Å². The minimum atomic E-state index is -0.587. The lowest BCUT2D eigenvalue weighted by atomic mass is 10.1. The maximum absolute atomic E-state index is 13.6. The molecular formula is C13H17F2N3O. The van der Waals surface area contributed by atoms with Gasteiger partial charge < -0.3 is 9.73 Å². The Hall–Kier alpha value is -1.98. The summed E-state index contributed by atoms with van der Waals surface area (Å²) in [5, 5.41) is 10.1. The predicted octanol–water partition coefficient (Wildman–Crippen LogP) is 3.78. The van der Waals surface area contributed by atoms with Gasteiger partial charge >= 0.3 is 6.01 Å². The van der Waals surface area contributed by atoms with Crippen molar-refractivity contribution in [3.8, 4) is 11.5 Å². The molecule has 6 heteroatoms. The number of halogens is 2. The van der Waals surface area contributed by atoms with Crippen LogP contribution in [0.1, 0.15) is 26.3 Å². The smallest absolute Gasteiger partial charge is 0.315 e. The van der Waals surface area contributed by atoms with Crippen molar-refractivity contribution in [2.24, 2.45) is 0 Å². The van der Waals surface area contributed by atoms with Crippen LogP contribution in [0.3, 0.4) is 0 Å². The largest absolute Gasteiger partial charge is 0.403 e. The molecule has 0 atom stereocenters. The lowest BCUT2D eigenvalue weighted by Crippen LogP contribution is -1.95. The van der Waals surface area contributed by atoms with E-state index in [0.717, 1.165) is 12.1 Å². The third-order valence-corrected chi connectivity index (χ3v) is 2.23. The highest BCUT2D eigenvalue weighted by atomic mass is 19.1. The van der Waals surface area contributed by atoms with E-state index in [1.165, 1.54) is 6.92 Å². The highest BCUT2D eigenvalue weighted by molar-refractivity contribution is 5.55. The predicted molar refractivity (Wildman–Crippen MR) is 69.9 cm³/mol. The Morgan fingerprint density at radius 2 is 1.84 bits per heavy atom. The maximum atomic E-state index is 13.6. The van der Waals surface area contributed by atoms with E-state index < -0.39 is 11.6 Å². The van der Waals surface area contributed by atoms with E-state index in [0.29, 0.717) is 6.54 Å². The van der Waals surface area contributed by atoms with E-state index in [-0.39, 0.29) is 23.0 Å². The molecule has 1 aromatic heterocycles. The van der Waals surface area contributed by atoms with Crippen molar-refractivity contribution in [2.75, 3.05) is 11.9 Å². The molecule has 0 aliphatic carbocycles. The normalized spacial score (nSPS) is 9.79. The molecule has 4 nitrogen and oxygen atoms in total. The van der Waals surface area contributed by atoms with Crippen molar-refractivity contribution in [1.29, 1.82) is 0 Å². The average Bonchev–Trinajstić information content (AvgIpc) is 2.85. The van der Waals surface area contributed by atoms with Crippen LogP contribution in [-0.2, 0) is 0 Å². The molecule has 19 heavy (non-hydrogen) atoms. The van der Waals surface area contributed by atoms with Crippen LogP contribution in [0.25, 0.3) is 11.5 Å². The number of aromatic nitrogens is 2. The number of hydrogen-bond donors (Lipinski definition) is 1. The van der Waals surface area contributed by atoms with Crippen LogP contribution in [0, 0.1) is 18.6 Å². The number of nitrogens with one attached hydrogen (secondary N) is 1. The molecule has 0 spiro atoms. The third-order valence-electron chi connectivity index (χ3n) is 2.23. The Balaban J connectivity index is 0.000000861. The second-order valence-corrected chi connectivity index (χ2v) is 3.52. The van der Waals surface area contributed by atoms with Gasteiger partial charge in [0, 0.05) is 6.54 Å². The van der Waals surface area contributed by atoms with Gasteiger partial charge in [-0.15, -0.1) is 5.10 Å². The molecule has 104 valence electrons. The minimum Gasteiger partial charge on any atom is -0.403 e. The van der Waals surface area contributed by atoms with Gasteiger partial charge in [-0.25, -0.2) is 8.78 Å². The van der Waals surface area contributed by atoms with Gasteiger partial charge in [-0.3, -0.25) is 0 Å². The van der Waals surface area contributed by atoms with Gasteiger partial charge in [0.15, 0.2) is 0 Å². The summed E-state index contributed by atoms with van der Waals surface area (Å²) < 4.78 is 32.1. The molecule has 0 amide bonds. The molecule has 1 aromatic carbocycles. The van der Waals surface area contributed by atoms with Crippen LogP contribution in [0.2, 0.25) is 0 Å². The summed E-state index contributed by atoms with van der Waals surface area (Å²) in [6.45, 7) is 7.95. The van der Waals surface area contributed by atoms with Gasteiger partial charge in [-0.1, -0.05) is 18.9 Å². The van der Waals surface area contributed by atoms with E-state index in [4.69, 9.17) is 4.42 Å². The molecule has 0 radical (unpaired) electrons. The van der Waals surface area contributed by atoms with Gasteiger partial charge in [-0.2, -0.15) is 0 Å². The second-order valence-electron chi connectivity index (χ2n) is 3.52. The summed E-state index contributed by atoms with van der Waals surface area (Å²) >= 11 is 0. The van der Waals surface area contributed by atoms with Crippen LogP contribution in [0.4, 0.5) is 14.8 Å². The van der Waals surface area contributed by atoms with E-state index in [2.05, 4.69) is 15.5 Å². The molecule has 1 N–H and O–H groups in total. The molecule has 0 saturated heterocycles. The molecular weight excluding hydrogens is 252 g/mol. The first kappa shape index (κ1) is 15.1. The molecule has 2 aromatic rings. The van der Waals surface area contributed by atoms with Gasteiger partial charge in [-0.05, 0) is 31.5 Å². The molecule has 0 saturated carbocycles. The molecule has 2 rings (SSSR count). The zero-order chi connectivity index (χ0) is 14.4. The SMILES string of the molecule is CC.CCNc1nnc(-c2cc(F)c(C)cc2F)o1. The number of benzene rings is 1. The molecule has 0 aliphatic heterocycles. The van der Waals surface area contributed by atoms with Gasteiger partial charge in [0.25, 0.3) is 5.89 Å². The Morgan fingerprint density at radius 3 is 2.47 bits per heavy atom. The average molecular weight is 269 g/mol. The van der Waals surface area contributed by atoms with E-state index in [1.54, 1.807) is 0 Å². The first-order valence-electron chi connectivity index (χ1n) is 6.15. The minimum absolute atomic E-state index is 0.0373. The summed E-state index contributed by atoms with van der Waals surface area (Å²) in [7, 11) is 0. The molecule has 0 aliphatic rings. The zero-order valence-corrected chi connectivity index (χ0v) is 11.4. The van der Waals surface area contributed by atoms with Crippen LogP contribution in [0.15, 0.2) is 16.5 Å². The van der Waals surface area contributed by atoms with Crippen LogP contribution in [0.5, 0.6) is 0 Å². The first-order valence-corrected chi connectivity index (χ1v) is 6.15. The highest BCUT2D eigenvalue weighted by Crippen LogP contribution is 2.25. The number of hydrogen-bond acceptors (Lipinski definition) is 4. The maximum Gasteiger partial charge on any atom is 0.315 e. The Labute approximate surface area is 110 Å². The number of rotatable bonds is 3. The lowest BCUT2D eigenvalue weighted by molar-refractivity contribution is 0.561. The van der Waals surface area contributed by atoms with Crippen molar-refractivity contribution in [2.45, 2.75) is 27.7 Å². The number of anilines is 1. The first-order chi connectivity index (χ1) is 9.11. The van der Waals surface area contributed by atoms with Gasteiger partial charge in [0.1, 0.15) is 11.6 Å². The summed E-state index contributed by atoms with van der Waals surface area (Å²) in [6.07, 6.45) is 0. The fourth-order valence-corrected chi connectivity index (χ4v) is 1.36. The van der Waals surface area contributed by atoms with Crippen molar-refractivity contribution >= 4 is 6.01 Å². The molecule has 1 heterocycles. The summed E-state index contributed by atoms with van der Waals surface area (Å²) in [5.74, 6) is -1.14. The summed E-state index contributed by atoms with van der Waals surface area (Å²) in [6, 6.07) is 2.33. The Bertz CT molecular complexity index is 541. The third kappa shape index (κ3) is 3.49. The van der Waals surface area contributed by atoms with Crippen molar-refractivity contribution < 1.29 is 13.2 Å². The molecule has 0 unspecified atom stereocenters. The quantitative estimate of drug-likeness (QED) is 0.921. The van der Waals surface area contributed by atoms with E-state index >= 15 is 0 Å². The summed E-state index contributed by atoms with van der Waals surface area (Å²) in [5.41, 5.74) is 0.197. The van der Waals surface area contributed by atoms with E-state index in [9.17, 15) is 8.78 Å². The summed E-state index contributed by atoms with van der Waals surface area (Å²) in [4.78, 5) is 0. The van der Waals surface area contributed by atoms with Crippen LogP contribution < -0.4 is 5.32 Å². The fourth-order valence-electron chi connectivity index (χ4n) is 1.36. The topological polar surface area (TPSA) is 51.0 Å². The van der Waals surface area contributed by atoms with Crippen molar-refractivity contribution in [1.82, 2.24) is 10.2 Å². The van der Waals surface area contributed by atoms with Crippen LogP contribution >= 0.6 is 0 Å². The Kier molecular flexibility index (Phi) is 5.41. The van der Waals surface area contributed by atoms with Crippen molar-refractivity contribution in [3.05, 3.63) is 29.3 Å². The second kappa shape index (κ2) is 6.82. The Morgan fingerprint density at radius 1 is 1.16 bits per heavy atom. The highest BCUT2D eigenvalue weighted by Gasteiger charge is 2.15. The fraction of sp³-hybridized carbons (Fsp3) is 0.385. The monoisotopic (exact) mass is 269 g/mol. The number of aryl methyl sites for hydroxylation is 1. The number of nitrogens with zero attached hydrogens (tertiary/aromatic N) is 2. The van der Waals surface area contributed by atoms with Crippen LogP contribution in [-0.4, -0.2) is 16.7 Å². The molecule has 0 bridgehead atoms. The van der Waals surface area contributed by atoms with Crippen molar-refractivity contribution in [3.63, 3.8) is 0 Å². The molecule has 0 fully saturated rings. The zero-order valence-electron chi connectivity index (χ0n) is 11.4. The standard InChI is InChI=1S/C11H11F2N3O.C2H6/c1-3-14-11-16-15-10(17-11)7-5-8(12)6(2)4-9(7)13;1-2/h4-5H,3H2,1-2H3,(H,14,16);1-2H3.